The Hall–Kier alpha value is -1.62. The molecule has 9 heteroatoms. The molecule has 2 aromatic rings. The Morgan fingerprint density at radius 3 is 3.07 bits per heavy atom. The van der Waals surface area contributed by atoms with Crippen molar-refractivity contribution >= 4 is 29.9 Å². The van der Waals surface area contributed by atoms with Crippen molar-refractivity contribution in [2.75, 3.05) is 13.7 Å². The lowest BCUT2D eigenvalue weighted by molar-refractivity contribution is 0.177. The lowest BCUT2D eigenvalue weighted by Gasteiger charge is -2.26. The number of hydrogen-bond donors (Lipinski definition) is 2. The van der Waals surface area contributed by atoms with Crippen LogP contribution in [0, 0.1) is 0 Å². The van der Waals surface area contributed by atoms with Crippen molar-refractivity contribution in [3.63, 3.8) is 0 Å². The van der Waals surface area contributed by atoms with Crippen LogP contribution < -0.4 is 10.6 Å². The molecule has 8 nitrogen and oxygen atoms in total. The minimum atomic E-state index is 0. The molecule has 3 rings (SSSR count). The van der Waals surface area contributed by atoms with Crippen molar-refractivity contribution in [2.24, 2.45) is 4.99 Å². The van der Waals surface area contributed by atoms with Gasteiger partial charge in [-0.3, -0.25) is 4.99 Å². The summed E-state index contributed by atoms with van der Waals surface area (Å²) in [5, 5.41) is 11.6. The molecule has 0 aromatic carbocycles. The monoisotopic (exact) mass is 502 g/mol. The number of ether oxygens (including phenoxy) is 1. The zero-order chi connectivity index (χ0) is 19.1. The summed E-state index contributed by atoms with van der Waals surface area (Å²) < 4.78 is 12.5. The predicted octanol–water partition coefficient (Wildman–Crippen LogP) is 2.53. The molecule has 156 valence electrons. The normalized spacial score (nSPS) is 17.5. The molecule has 2 aromatic heterocycles. The van der Waals surface area contributed by atoms with Crippen molar-refractivity contribution in [3.05, 3.63) is 35.8 Å². The summed E-state index contributed by atoms with van der Waals surface area (Å²) in [6.07, 6.45) is 5.43. The minimum Gasteiger partial charge on any atom is -0.469 e. The fourth-order valence-electron chi connectivity index (χ4n) is 3.06. The smallest absolute Gasteiger partial charge is 0.191 e. The van der Waals surface area contributed by atoms with Crippen molar-refractivity contribution in [2.45, 2.75) is 64.8 Å². The van der Waals surface area contributed by atoms with Crippen LogP contribution in [0.4, 0.5) is 0 Å². The van der Waals surface area contributed by atoms with E-state index < -0.39 is 0 Å². The van der Waals surface area contributed by atoms with Crippen LogP contribution in [0.3, 0.4) is 0 Å². The molecule has 1 aliphatic rings. The van der Waals surface area contributed by atoms with E-state index in [1.54, 1.807) is 13.4 Å². The van der Waals surface area contributed by atoms with Crippen LogP contribution in [-0.2, 0) is 30.7 Å². The number of methoxy groups -OCH3 is 1. The zero-order valence-corrected chi connectivity index (χ0v) is 19.2. The van der Waals surface area contributed by atoms with Gasteiger partial charge in [-0.2, -0.15) is 5.10 Å². The maximum absolute atomic E-state index is 5.39. The summed E-state index contributed by atoms with van der Waals surface area (Å²) in [7, 11) is 1.66. The number of halogens is 1. The van der Waals surface area contributed by atoms with Crippen molar-refractivity contribution in [1.82, 2.24) is 25.4 Å². The van der Waals surface area contributed by atoms with Gasteiger partial charge in [-0.25, -0.2) is 9.67 Å². The van der Waals surface area contributed by atoms with E-state index in [2.05, 4.69) is 34.6 Å². The Morgan fingerprint density at radius 1 is 1.50 bits per heavy atom. The van der Waals surface area contributed by atoms with Gasteiger partial charge in [0, 0.05) is 38.6 Å². The molecule has 2 N–H and O–H groups in total. The Balaban J connectivity index is 0.00000280. The average Bonchev–Trinajstić information content (AvgIpc) is 3.30. The second kappa shape index (κ2) is 11.4. The van der Waals surface area contributed by atoms with Gasteiger partial charge in [0.25, 0.3) is 0 Å². The maximum atomic E-state index is 5.39. The van der Waals surface area contributed by atoms with E-state index in [9.17, 15) is 0 Å². The van der Waals surface area contributed by atoms with E-state index in [1.165, 1.54) is 0 Å². The number of rotatable bonds is 8. The largest absolute Gasteiger partial charge is 0.469 e. The Bertz CT molecular complexity index is 731. The van der Waals surface area contributed by atoms with Gasteiger partial charge in [0.15, 0.2) is 11.8 Å². The van der Waals surface area contributed by atoms with E-state index in [0.29, 0.717) is 19.2 Å². The predicted molar refractivity (Wildman–Crippen MR) is 119 cm³/mol. The molecule has 0 spiro atoms. The molecule has 0 bridgehead atoms. The van der Waals surface area contributed by atoms with Gasteiger partial charge in [0.2, 0.25) is 0 Å². The van der Waals surface area contributed by atoms with Crippen molar-refractivity contribution < 1.29 is 9.15 Å². The number of guanidine groups is 1. The number of fused-ring (bicyclic) bond motifs is 1. The minimum absolute atomic E-state index is 0. The topological polar surface area (TPSA) is 89.5 Å². The van der Waals surface area contributed by atoms with Crippen LogP contribution in [0.5, 0.6) is 0 Å². The molecule has 28 heavy (non-hydrogen) atoms. The molecule has 0 amide bonds. The standard InChI is InChI=1S/C19H30N6O2.HI/c1-4-14(2)21-19(20-10-9-16-6-5-11-27-16)22-15-7-8-18-23-17(13-26-3)24-25(18)12-15;/h5-6,11,14-15H,4,7-10,12-13H2,1-3H3,(H2,20,21,22);1H. The van der Waals surface area contributed by atoms with Gasteiger partial charge in [0.1, 0.15) is 18.2 Å². The Labute approximate surface area is 183 Å². The maximum Gasteiger partial charge on any atom is 0.191 e. The lowest BCUT2D eigenvalue weighted by atomic mass is 10.1. The number of nitrogens with zero attached hydrogens (tertiary/aromatic N) is 4. The number of aliphatic imine (C=N–C) groups is 1. The summed E-state index contributed by atoms with van der Waals surface area (Å²) in [5.74, 6) is 3.59. The molecule has 0 aliphatic carbocycles. The van der Waals surface area contributed by atoms with E-state index in [0.717, 1.165) is 55.6 Å². The van der Waals surface area contributed by atoms with Crippen molar-refractivity contribution in [1.29, 1.82) is 0 Å². The molecule has 2 atom stereocenters. The molecule has 3 heterocycles. The van der Waals surface area contributed by atoms with Crippen LogP contribution in [-0.4, -0.2) is 46.5 Å². The third-order valence-corrected chi connectivity index (χ3v) is 4.72. The quantitative estimate of drug-likeness (QED) is 0.328. The Kier molecular flexibility index (Phi) is 9.23. The van der Waals surface area contributed by atoms with Gasteiger partial charge in [-0.1, -0.05) is 6.92 Å². The van der Waals surface area contributed by atoms with Gasteiger partial charge < -0.3 is 19.8 Å². The number of aromatic nitrogens is 3. The third-order valence-electron chi connectivity index (χ3n) is 4.72. The molecule has 0 radical (unpaired) electrons. The molecule has 2 unspecified atom stereocenters. The van der Waals surface area contributed by atoms with Crippen LogP contribution in [0.2, 0.25) is 0 Å². The first-order chi connectivity index (χ1) is 13.2. The SMILES string of the molecule is CCC(C)NC(=NCCc1ccco1)NC1CCc2nc(COC)nn2C1.I. The highest BCUT2D eigenvalue weighted by molar-refractivity contribution is 14.0. The van der Waals surface area contributed by atoms with Crippen LogP contribution >= 0.6 is 24.0 Å². The van der Waals surface area contributed by atoms with Gasteiger partial charge in [-0.15, -0.1) is 24.0 Å². The summed E-state index contributed by atoms with van der Waals surface area (Å²) >= 11 is 0. The molecule has 0 saturated heterocycles. The van der Waals surface area contributed by atoms with Crippen LogP contribution in [0.1, 0.15) is 44.1 Å². The van der Waals surface area contributed by atoms with Crippen LogP contribution in [0.25, 0.3) is 0 Å². The van der Waals surface area contributed by atoms with Gasteiger partial charge in [0.05, 0.1) is 12.8 Å². The molecule has 0 fully saturated rings. The highest BCUT2D eigenvalue weighted by atomic mass is 127. The summed E-state index contributed by atoms with van der Waals surface area (Å²) in [6.45, 7) is 6.24. The third kappa shape index (κ3) is 6.47. The molecule has 0 saturated carbocycles. The van der Waals surface area contributed by atoms with E-state index in [4.69, 9.17) is 14.1 Å². The number of furan rings is 1. The average molecular weight is 502 g/mol. The van der Waals surface area contributed by atoms with Gasteiger partial charge >= 0.3 is 0 Å². The molecular formula is C19H31IN6O2. The summed E-state index contributed by atoms with van der Waals surface area (Å²) in [6, 6.07) is 4.52. The zero-order valence-electron chi connectivity index (χ0n) is 16.9. The fraction of sp³-hybridized carbons (Fsp3) is 0.632. The first-order valence-electron chi connectivity index (χ1n) is 9.69. The number of hydrogen-bond acceptors (Lipinski definition) is 5. The van der Waals surface area contributed by atoms with E-state index >= 15 is 0 Å². The van der Waals surface area contributed by atoms with Crippen molar-refractivity contribution in [3.8, 4) is 0 Å². The van der Waals surface area contributed by atoms with Crippen LogP contribution in [0.15, 0.2) is 27.8 Å². The highest BCUT2D eigenvalue weighted by Crippen LogP contribution is 2.13. The lowest BCUT2D eigenvalue weighted by Crippen LogP contribution is -2.49. The highest BCUT2D eigenvalue weighted by Gasteiger charge is 2.22. The number of aryl methyl sites for hydroxylation is 1. The Morgan fingerprint density at radius 2 is 2.36 bits per heavy atom. The number of nitrogens with one attached hydrogen (secondary N) is 2. The molecular weight excluding hydrogens is 471 g/mol. The first kappa shape index (κ1) is 22.7. The summed E-state index contributed by atoms with van der Waals surface area (Å²) in [4.78, 5) is 9.28. The van der Waals surface area contributed by atoms with E-state index in [-0.39, 0.29) is 30.0 Å². The molecule has 1 aliphatic heterocycles. The second-order valence-corrected chi connectivity index (χ2v) is 6.95. The second-order valence-electron chi connectivity index (χ2n) is 6.95. The fourth-order valence-corrected chi connectivity index (χ4v) is 3.06. The summed E-state index contributed by atoms with van der Waals surface area (Å²) in [5.41, 5.74) is 0. The first-order valence-corrected chi connectivity index (χ1v) is 9.69. The van der Waals surface area contributed by atoms with E-state index in [1.807, 2.05) is 16.8 Å². The van der Waals surface area contributed by atoms with Gasteiger partial charge in [-0.05, 0) is 31.9 Å².